The van der Waals surface area contributed by atoms with Crippen molar-refractivity contribution >= 4 is 27.3 Å². The zero-order valence-electron chi connectivity index (χ0n) is 8.01. The number of thioether (sulfide) groups is 1. The predicted octanol–water partition coefficient (Wildman–Crippen LogP) is 1.37. The molecule has 5 heteroatoms. The minimum atomic E-state index is -2.83. The van der Waals surface area contributed by atoms with Crippen molar-refractivity contribution in [3.8, 4) is 0 Å². The van der Waals surface area contributed by atoms with Crippen LogP contribution in [-0.2, 0) is 9.84 Å². The second-order valence-electron chi connectivity index (χ2n) is 3.98. The summed E-state index contributed by atoms with van der Waals surface area (Å²) in [5, 5.41) is 3.50. The SMILES string of the molecule is O=S1(=O)C[C@@H]2Nc3ccccc3S[C@H]2C1. The maximum absolute atomic E-state index is 11.5. The van der Waals surface area contributed by atoms with Gasteiger partial charge in [0.15, 0.2) is 9.84 Å². The second kappa shape index (κ2) is 3.15. The Bertz CT molecular complexity index is 459. The van der Waals surface area contributed by atoms with Crippen molar-refractivity contribution in [2.75, 3.05) is 16.8 Å². The van der Waals surface area contributed by atoms with Crippen molar-refractivity contribution in [3.05, 3.63) is 24.3 Å². The number of hydrogen-bond acceptors (Lipinski definition) is 4. The first-order chi connectivity index (χ1) is 7.14. The van der Waals surface area contributed by atoms with Crippen LogP contribution in [0.5, 0.6) is 0 Å². The van der Waals surface area contributed by atoms with Gasteiger partial charge >= 0.3 is 0 Å². The summed E-state index contributed by atoms with van der Waals surface area (Å²) < 4.78 is 23.0. The van der Waals surface area contributed by atoms with Crippen molar-refractivity contribution in [3.63, 3.8) is 0 Å². The Morgan fingerprint density at radius 2 is 2.07 bits per heavy atom. The number of fused-ring (bicyclic) bond motifs is 2. The third-order valence-corrected chi connectivity index (χ3v) is 6.16. The Labute approximate surface area is 93.2 Å². The molecule has 3 nitrogen and oxygen atoms in total. The zero-order chi connectivity index (χ0) is 10.5. The van der Waals surface area contributed by atoms with E-state index in [2.05, 4.69) is 5.32 Å². The van der Waals surface area contributed by atoms with Crippen LogP contribution in [0.3, 0.4) is 0 Å². The molecule has 0 radical (unpaired) electrons. The highest BCUT2D eigenvalue weighted by Gasteiger charge is 2.40. The highest BCUT2D eigenvalue weighted by Crippen LogP contribution is 2.41. The molecule has 0 unspecified atom stereocenters. The van der Waals surface area contributed by atoms with E-state index in [1.165, 1.54) is 0 Å². The normalized spacial score (nSPS) is 31.5. The number of nitrogens with one attached hydrogen (secondary N) is 1. The van der Waals surface area contributed by atoms with E-state index in [-0.39, 0.29) is 17.0 Å². The first-order valence-corrected chi connectivity index (χ1v) is 7.57. The maximum atomic E-state index is 11.5. The van der Waals surface area contributed by atoms with Gasteiger partial charge in [-0.05, 0) is 12.1 Å². The minimum absolute atomic E-state index is 0.0925. The first-order valence-electron chi connectivity index (χ1n) is 4.87. The van der Waals surface area contributed by atoms with Gasteiger partial charge in [0.1, 0.15) is 0 Å². The molecule has 0 aromatic heterocycles. The third kappa shape index (κ3) is 1.63. The molecule has 0 saturated carbocycles. The number of para-hydroxylation sites is 1. The van der Waals surface area contributed by atoms with Crippen molar-refractivity contribution in [1.29, 1.82) is 0 Å². The van der Waals surface area contributed by atoms with Gasteiger partial charge in [0.05, 0.1) is 17.5 Å². The summed E-state index contributed by atoms with van der Waals surface area (Å²) >= 11 is 1.69. The molecule has 2 heterocycles. The van der Waals surface area contributed by atoms with E-state index in [4.69, 9.17) is 0 Å². The van der Waals surface area contributed by atoms with Crippen LogP contribution < -0.4 is 5.32 Å². The highest BCUT2D eigenvalue weighted by atomic mass is 32.2. The Morgan fingerprint density at radius 3 is 2.93 bits per heavy atom. The van der Waals surface area contributed by atoms with Crippen molar-refractivity contribution < 1.29 is 8.42 Å². The summed E-state index contributed by atoms with van der Waals surface area (Å²) in [5.41, 5.74) is 1.07. The van der Waals surface area contributed by atoms with Crippen LogP contribution in [-0.4, -0.2) is 31.2 Å². The average molecular weight is 241 g/mol. The largest absolute Gasteiger partial charge is 0.379 e. The standard InChI is InChI=1S/C10H11NO2S2/c12-15(13)5-8-10(6-15)14-9-4-2-1-3-7(9)11-8/h1-4,8,10-11H,5-6H2/t8-,10-/m0/s1. The summed E-state index contributed by atoms with van der Waals surface area (Å²) in [6.07, 6.45) is 0. The fourth-order valence-corrected chi connectivity index (χ4v) is 5.93. The van der Waals surface area contributed by atoms with Gasteiger partial charge in [-0.25, -0.2) is 8.42 Å². The summed E-state index contributed by atoms with van der Waals surface area (Å²) in [5.74, 6) is 0.586. The number of sulfone groups is 1. The Balaban J connectivity index is 1.97. The summed E-state index contributed by atoms with van der Waals surface area (Å²) in [4.78, 5) is 1.16. The molecule has 1 aromatic carbocycles. The molecule has 2 aliphatic heterocycles. The molecule has 1 N–H and O–H groups in total. The number of benzene rings is 1. The quantitative estimate of drug-likeness (QED) is 0.745. The third-order valence-electron chi connectivity index (χ3n) is 2.81. The Morgan fingerprint density at radius 1 is 1.27 bits per heavy atom. The summed E-state index contributed by atoms with van der Waals surface area (Å²) in [7, 11) is -2.83. The molecule has 15 heavy (non-hydrogen) atoms. The van der Waals surface area contributed by atoms with E-state index < -0.39 is 9.84 Å². The molecule has 2 aliphatic rings. The monoisotopic (exact) mass is 241 g/mol. The van der Waals surface area contributed by atoms with Gasteiger partial charge in [0.2, 0.25) is 0 Å². The van der Waals surface area contributed by atoms with Crippen molar-refractivity contribution in [2.24, 2.45) is 0 Å². The van der Waals surface area contributed by atoms with Gasteiger partial charge in [0, 0.05) is 15.8 Å². The molecular formula is C10H11NO2S2. The lowest BCUT2D eigenvalue weighted by atomic mass is 10.2. The number of rotatable bonds is 0. The molecule has 3 rings (SSSR count). The fourth-order valence-electron chi connectivity index (χ4n) is 2.12. The molecule has 1 fully saturated rings. The van der Waals surface area contributed by atoms with Crippen LogP contribution >= 0.6 is 11.8 Å². The van der Waals surface area contributed by atoms with Gasteiger partial charge in [0.25, 0.3) is 0 Å². The van der Waals surface area contributed by atoms with Gasteiger partial charge in [-0.1, -0.05) is 12.1 Å². The van der Waals surface area contributed by atoms with Crippen LogP contribution in [0.15, 0.2) is 29.2 Å². The van der Waals surface area contributed by atoms with E-state index in [1.54, 1.807) is 11.8 Å². The van der Waals surface area contributed by atoms with E-state index in [0.717, 1.165) is 10.6 Å². The smallest absolute Gasteiger partial charge is 0.153 e. The predicted molar refractivity (Wildman–Crippen MR) is 62.2 cm³/mol. The van der Waals surface area contributed by atoms with E-state index in [1.807, 2.05) is 24.3 Å². The van der Waals surface area contributed by atoms with E-state index in [9.17, 15) is 8.42 Å². The molecule has 2 atom stereocenters. The lowest BCUT2D eigenvalue weighted by molar-refractivity contribution is 0.602. The summed E-state index contributed by atoms with van der Waals surface area (Å²) in [6.45, 7) is 0. The van der Waals surface area contributed by atoms with E-state index >= 15 is 0 Å². The van der Waals surface area contributed by atoms with Crippen molar-refractivity contribution in [1.82, 2.24) is 0 Å². The maximum Gasteiger partial charge on any atom is 0.153 e. The van der Waals surface area contributed by atoms with Crippen LogP contribution in [0.1, 0.15) is 0 Å². The molecule has 0 spiro atoms. The van der Waals surface area contributed by atoms with Gasteiger partial charge in [-0.15, -0.1) is 11.8 Å². The molecule has 0 aliphatic carbocycles. The lowest BCUT2D eigenvalue weighted by Gasteiger charge is -2.27. The van der Waals surface area contributed by atoms with Gasteiger partial charge in [-0.3, -0.25) is 0 Å². The molecule has 0 amide bonds. The van der Waals surface area contributed by atoms with Crippen LogP contribution in [0.25, 0.3) is 0 Å². The van der Waals surface area contributed by atoms with Crippen molar-refractivity contribution in [2.45, 2.75) is 16.2 Å². The Hall–Kier alpha value is -0.680. The topological polar surface area (TPSA) is 46.2 Å². The minimum Gasteiger partial charge on any atom is -0.379 e. The second-order valence-corrected chi connectivity index (χ2v) is 7.42. The van der Waals surface area contributed by atoms with Crippen LogP contribution in [0.4, 0.5) is 5.69 Å². The summed E-state index contributed by atoms with van der Waals surface area (Å²) in [6, 6.07) is 8.08. The fraction of sp³-hybridized carbons (Fsp3) is 0.400. The average Bonchev–Trinajstić information content (AvgIpc) is 2.46. The Kier molecular flexibility index (Phi) is 2.01. The lowest BCUT2D eigenvalue weighted by Crippen LogP contribution is -2.33. The number of hydrogen-bond donors (Lipinski definition) is 1. The van der Waals surface area contributed by atoms with Crippen LogP contribution in [0.2, 0.25) is 0 Å². The van der Waals surface area contributed by atoms with E-state index in [0.29, 0.717) is 5.75 Å². The molecule has 1 saturated heterocycles. The zero-order valence-corrected chi connectivity index (χ0v) is 9.64. The number of anilines is 1. The molecule has 1 aromatic rings. The van der Waals surface area contributed by atoms with Crippen LogP contribution in [0, 0.1) is 0 Å². The highest BCUT2D eigenvalue weighted by molar-refractivity contribution is 8.02. The molecular weight excluding hydrogens is 230 g/mol. The first kappa shape index (κ1) is 9.54. The molecule has 80 valence electrons. The van der Waals surface area contributed by atoms with Gasteiger partial charge in [-0.2, -0.15) is 0 Å². The molecule has 0 bridgehead atoms. The van der Waals surface area contributed by atoms with Gasteiger partial charge < -0.3 is 5.32 Å².